The molecule has 1 aliphatic heterocycles. The highest BCUT2D eigenvalue weighted by atomic mass is 35.5. The zero-order valence-electron chi connectivity index (χ0n) is 12.3. The van der Waals surface area contributed by atoms with E-state index in [2.05, 4.69) is 19.1 Å². The van der Waals surface area contributed by atoms with Gasteiger partial charge >= 0.3 is 0 Å². The van der Waals surface area contributed by atoms with Crippen molar-refractivity contribution in [2.75, 3.05) is 19.7 Å². The number of rotatable bonds is 3. The fourth-order valence-corrected chi connectivity index (χ4v) is 2.63. The maximum Gasteiger partial charge on any atom is 0.260 e. The standard InChI is InChI=1S/C15H22N2O2.ClH/c1-10-6-11(2)15(12(3)7-10)19-9-14(18)17-5-4-13(16)8-17;/h6-7,13H,4-5,8-9,16H2,1-3H3;1H/t13-;/m1./s1. The summed E-state index contributed by atoms with van der Waals surface area (Å²) in [6.45, 7) is 7.55. The minimum atomic E-state index is 0. The number of benzene rings is 1. The molecule has 0 bridgehead atoms. The van der Waals surface area contributed by atoms with Gasteiger partial charge in [-0.3, -0.25) is 4.79 Å². The van der Waals surface area contributed by atoms with Gasteiger partial charge in [-0.15, -0.1) is 12.4 Å². The third-order valence-electron chi connectivity index (χ3n) is 3.52. The van der Waals surface area contributed by atoms with Crippen LogP contribution in [0.5, 0.6) is 5.75 Å². The van der Waals surface area contributed by atoms with E-state index in [1.807, 2.05) is 13.8 Å². The Kier molecular flexibility index (Phi) is 5.84. The van der Waals surface area contributed by atoms with Gasteiger partial charge in [-0.25, -0.2) is 0 Å². The Labute approximate surface area is 126 Å². The fraction of sp³-hybridized carbons (Fsp3) is 0.533. The van der Waals surface area contributed by atoms with Gasteiger partial charge in [0.25, 0.3) is 5.91 Å². The van der Waals surface area contributed by atoms with Crippen molar-refractivity contribution in [2.24, 2.45) is 5.73 Å². The number of carbonyl (C=O) groups excluding carboxylic acids is 1. The number of ether oxygens (including phenoxy) is 1. The molecule has 1 aromatic rings. The Morgan fingerprint density at radius 1 is 1.35 bits per heavy atom. The van der Waals surface area contributed by atoms with Crippen LogP contribution in [0.4, 0.5) is 0 Å². The molecule has 0 radical (unpaired) electrons. The molecule has 1 saturated heterocycles. The van der Waals surface area contributed by atoms with E-state index in [0.29, 0.717) is 6.54 Å². The van der Waals surface area contributed by atoms with Crippen LogP contribution >= 0.6 is 12.4 Å². The van der Waals surface area contributed by atoms with E-state index < -0.39 is 0 Å². The van der Waals surface area contributed by atoms with Gasteiger partial charge in [0.1, 0.15) is 5.75 Å². The zero-order valence-corrected chi connectivity index (χ0v) is 13.1. The topological polar surface area (TPSA) is 55.6 Å². The Bertz CT molecular complexity index is 468. The minimum Gasteiger partial charge on any atom is -0.483 e. The quantitative estimate of drug-likeness (QED) is 0.928. The lowest BCUT2D eigenvalue weighted by atomic mass is 10.1. The lowest BCUT2D eigenvalue weighted by Crippen LogP contribution is -2.35. The number of hydrogen-bond acceptors (Lipinski definition) is 3. The smallest absolute Gasteiger partial charge is 0.260 e. The molecule has 1 fully saturated rings. The van der Waals surface area contributed by atoms with Crippen LogP contribution in [0.15, 0.2) is 12.1 Å². The van der Waals surface area contributed by atoms with E-state index in [9.17, 15) is 4.79 Å². The predicted octanol–water partition coefficient (Wildman–Crippen LogP) is 1.97. The summed E-state index contributed by atoms with van der Waals surface area (Å²) >= 11 is 0. The van der Waals surface area contributed by atoms with E-state index in [-0.39, 0.29) is 31.0 Å². The van der Waals surface area contributed by atoms with Crippen molar-refractivity contribution in [1.29, 1.82) is 0 Å². The summed E-state index contributed by atoms with van der Waals surface area (Å²) in [7, 11) is 0. The van der Waals surface area contributed by atoms with Crippen molar-refractivity contribution in [3.05, 3.63) is 28.8 Å². The van der Waals surface area contributed by atoms with Crippen molar-refractivity contribution in [3.63, 3.8) is 0 Å². The number of halogens is 1. The first-order valence-electron chi connectivity index (χ1n) is 6.71. The van der Waals surface area contributed by atoms with E-state index in [4.69, 9.17) is 10.5 Å². The summed E-state index contributed by atoms with van der Waals surface area (Å²) < 4.78 is 5.70. The van der Waals surface area contributed by atoms with Crippen LogP contribution in [-0.4, -0.2) is 36.5 Å². The van der Waals surface area contributed by atoms with Crippen molar-refractivity contribution in [1.82, 2.24) is 4.90 Å². The first-order valence-corrected chi connectivity index (χ1v) is 6.71. The number of aryl methyl sites for hydroxylation is 3. The van der Waals surface area contributed by atoms with Crippen LogP contribution in [0.2, 0.25) is 0 Å². The van der Waals surface area contributed by atoms with Crippen LogP contribution < -0.4 is 10.5 Å². The molecule has 5 heteroatoms. The average molecular weight is 299 g/mol. The van der Waals surface area contributed by atoms with Crippen LogP contribution in [0.25, 0.3) is 0 Å². The number of likely N-dealkylation sites (tertiary alicyclic amines) is 1. The molecule has 1 heterocycles. The van der Waals surface area contributed by atoms with Gasteiger partial charge in [0.05, 0.1) is 0 Å². The largest absolute Gasteiger partial charge is 0.483 e. The molecular weight excluding hydrogens is 276 g/mol. The van der Waals surface area contributed by atoms with E-state index in [0.717, 1.165) is 29.8 Å². The van der Waals surface area contributed by atoms with Gasteiger partial charge < -0.3 is 15.4 Å². The lowest BCUT2D eigenvalue weighted by Gasteiger charge is -2.18. The molecule has 2 rings (SSSR count). The second kappa shape index (κ2) is 6.95. The molecule has 0 unspecified atom stereocenters. The maximum absolute atomic E-state index is 12.0. The van der Waals surface area contributed by atoms with Gasteiger partial charge in [0.15, 0.2) is 6.61 Å². The second-order valence-electron chi connectivity index (χ2n) is 5.41. The van der Waals surface area contributed by atoms with Gasteiger partial charge in [0, 0.05) is 19.1 Å². The normalized spacial score (nSPS) is 17.8. The Morgan fingerprint density at radius 2 is 1.95 bits per heavy atom. The van der Waals surface area contributed by atoms with E-state index in [1.165, 1.54) is 5.56 Å². The third kappa shape index (κ3) is 3.87. The van der Waals surface area contributed by atoms with Crippen molar-refractivity contribution in [2.45, 2.75) is 33.2 Å². The molecule has 2 N–H and O–H groups in total. The highest BCUT2D eigenvalue weighted by Crippen LogP contribution is 2.24. The van der Waals surface area contributed by atoms with Crippen LogP contribution in [-0.2, 0) is 4.79 Å². The molecule has 0 aromatic heterocycles. The van der Waals surface area contributed by atoms with Crippen molar-refractivity contribution >= 4 is 18.3 Å². The Balaban J connectivity index is 0.00000200. The molecule has 1 amide bonds. The summed E-state index contributed by atoms with van der Waals surface area (Å²) in [6.07, 6.45) is 0.883. The summed E-state index contributed by atoms with van der Waals surface area (Å²) in [5.41, 5.74) is 9.15. The Hall–Kier alpha value is -1.26. The number of nitrogens with zero attached hydrogens (tertiary/aromatic N) is 1. The highest BCUT2D eigenvalue weighted by molar-refractivity contribution is 5.85. The summed E-state index contributed by atoms with van der Waals surface area (Å²) in [5, 5.41) is 0. The van der Waals surface area contributed by atoms with Gasteiger partial charge in [-0.05, 0) is 38.3 Å². The zero-order chi connectivity index (χ0) is 14.0. The van der Waals surface area contributed by atoms with Gasteiger partial charge in [-0.1, -0.05) is 17.7 Å². The van der Waals surface area contributed by atoms with Crippen LogP contribution in [0.1, 0.15) is 23.1 Å². The Morgan fingerprint density at radius 3 is 2.45 bits per heavy atom. The summed E-state index contributed by atoms with van der Waals surface area (Å²) in [6, 6.07) is 4.25. The van der Waals surface area contributed by atoms with Crippen molar-refractivity contribution < 1.29 is 9.53 Å². The molecule has 1 aromatic carbocycles. The van der Waals surface area contributed by atoms with Gasteiger partial charge in [-0.2, -0.15) is 0 Å². The van der Waals surface area contributed by atoms with Crippen LogP contribution in [0.3, 0.4) is 0 Å². The summed E-state index contributed by atoms with van der Waals surface area (Å²) in [5.74, 6) is 0.842. The second-order valence-corrected chi connectivity index (χ2v) is 5.41. The highest BCUT2D eigenvalue weighted by Gasteiger charge is 2.23. The lowest BCUT2D eigenvalue weighted by molar-refractivity contribution is -0.132. The number of carbonyl (C=O) groups is 1. The SMILES string of the molecule is Cc1cc(C)c(OCC(=O)N2CC[C@@H](N)C2)c(C)c1.Cl. The first-order chi connectivity index (χ1) is 8.97. The fourth-order valence-electron chi connectivity index (χ4n) is 2.63. The molecular formula is C15H23ClN2O2. The van der Waals surface area contributed by atoms with E-state index in [1.54, 1.807) is 4.90 Å². The molecule has 112 valence electrons. The molecule has 1 atom stereocenters. The third-order valence-corrected chi connectivity index (χ3v) is 3.52. The van der Waals surface area contributed by atoms with Gasteiger partial charge in [0.2, 0.25) is 0 Å². The predicted molar refractivity (Wildman–Crippen MR) is 82.6 cm³/mol. The number of nitrogens with two attached hydrogens (primary N) is 1. The minimum absolute atomic E-state index is 0. The maximum atomic E-state index is 12.0. The molecule has 0 spiro atoms. The number of hydrogen-bond donors (Lipinski definition) is 1. The molecule has 0 aliphatic carbocycles. The molecule has 1 aliphatic rings. The van der Waals surface area contributed by atoms with Crippen LogP contribution in [0, 0.1) is 20.8 Å². The molecule has 20 heavy (non-hydrogen) atoms. The average Bonchev–Trinajstić information content (AvgIpc) is 2.74. The summed E-state index contributed by atoms with van der Waals surface area (Å²) in [4.78, 5) is 13.8. The first kappa shape index (κ1) is 16.8. The molecule has 0 saturated carbocycles. The monoisotopic (exact) mass is 298 g/mol. The van der Waals surface area contributed by atoms with Crippen molar-refractivity contribution in [3.8, 4) is 5.75 Å². The van der Waals surface area contributed by atoms with E-state index >= 15 is 0 Å². The number of amides is 1. The molecule has 4 nitrogen and oxygen atoms in total.